The molecular weight excluding hydrogens is 198 g/mol. The van der Waals surface area contributed by atoms with Crippen LogP contribution >= 0.6 is 0 Å². The van der Waals surface area contributed by atoms with Gasteiger partial charge in [0.05, 0.1) is 6.10 Å². The molecule has 0 saturated heterocycles. The van der Waals surface area contributed by atoms with Crippen molar-refractivity contribution in [3.63, 3.8) is 0 Å². The lowest BCUT2D eigenvalue weighted by Gasteiger charge is -2.17. The summed E-state index contributed by atoms with van der Waals surface area (Å²) in [6, 6.07) is 8.35. The van der Waals surface area contributed by atoms with Crippen molar-refractivity contribution in [1.82, 2.24) is 0 Å². The first-order valence-corrected chi connectivity index (χ1v) is 6.13. The highest BCUT2D eigenvalue weighted by atomic mass is 16.5. The molecule has 16 heavy (non-hydrogen) atoms. The lowest BCUT2D eigenvalue weighted by atomic mass is 10.1. The Hall–Kier alpha value is -1.02. The quantitative estimate of drug-likeness (QED) is 0.801. The Bertz CT molecular complexity index is 309. The molecule has 1 aromatic carbocycles. The molecule has 0 amide bonds. The van der Waals surface area contributed by atoms with Crippen molar-refractivity contribution in [1.29, 1.82) is 0 Å². The Morgan fingerprint density at radius 2 is 1.94 bits per heavy atom. The van der Waals surface area contributed by atoms with Crippen LogP contribution in [0.1, 0.15) is 39.2 Å². The molecule has 2 nitrogen and oxygen atoms in total. The average molecular weight is 221 g/mol. The Morgan fingerprint density at radius 1 is 1.25 bits per heavy atom. The standard InChI is InChI=1S/C14H23NO/c1-4-7-12(3)16-14-9-6-5-8-13(14)10-11(2)15/h5-6,8-9,11-12H,4,7,10,15H2,1-3H3. The van der Waals surface area contributed by atoms with E-state index in [1.54, 1.807) is 0 Å². The van der Waals surface area contributed by atoms with Crippen molar-refractivity contribution in [2.24, 2.45) is 5.73 Å². The zero-order valence-corrected chi connectivity index (χ0v) is 10.6. The van der Waals surface area contributed by atoms with Crippen molar-refractivity contribution in [2.45, 2.75) is 52.2 Å². The Morgan fingerprint density at radius 3 is 2.56 bits per heavy atom. The SMILES string of the molecule is CCCC(C)Oc1ccccc1CC(C)N. The normalized spacial score (nSPS) is 14.5. The highest BCUT2D eigenvalue weighted by Crippen LogP contribution is 2.21. The highest BCUT2D eigenvalue weighted by Gasteiger charge is 2.08. The number of benzene rings is 1. The molecule has 0 fully saturated rings. The van der Waals surface area contributed by atoms with E-state index in [-0.39, 0.29) is 12.1 Å². The Balaban J connectivity index is 2.70. The third-order valence-electron chi connectivity index (χ3n) is 2.54. The van der Waals surface area contributed by atoms with E-state index in [1.165, 1.54) is 5.56 Å². The molecule has 2 N–H and O–H groups in total. The number of hydrogen-bond acceptors (Lipinski definition) is 2. The van der Waals surface area contributed by atoms with Gasteiger partial charge in [-0.25, -0.2) is 0 Å². The summed E-state index contributed by atoms with van der Waals surface area (Å²) < 4.78 is 5.93. The lowest BCUT2D eigenvalue weighted by Crippen LogP contribution is -2.19. The van der Waals surface area contributed by atoms with Gasteiger partial charge in [-0.2, -0.15) is 0 Å². The molecule has 0 aliphatic heterocycles. The fraction of sp³-hybridized carbons (Fsp3) is 0.571. The summed E-state index contributed by atoms with van der Waals surface area (Å²) in [6.07, 6.45) is 3.39. The molecule has 0 aliphatic carbocycles. The fourth-order valence-corrected chi connectivity index (χ4v) is 1.82. The van der Waals surface area contributed by atoms with Crippen LogP contribution in [0.4, 0.5) is 0 Å². The zero-order chi connectivity index (χ0) is 12.0. The molecule has 0 heterocycles. The van der Waals surface area contributed by atoms with Crippen LogP contribution in [0.5, 0.6) is 5.75 Å². The third-order valence-corrected chi connectivity index (χ3v) is 2.54. The first-order chi connectivity index (χ1) is 7.63. The van der Waals surface area contributed by atoms with E-state index in [1.807, 2.05) is 25.1 Å². The maximum absolute atomic E-state index is 5.93. The molecule has 2 atom stereocenters. The van der Waals surface area contributed by atoms with Gasteiger partial charge in [0, 0.05) is 6.04 Å². The fourth-order valence-electron chi connectivity index (χ4n) is 1.82. The Kier molecular flexibility index (Phi) is 5.33. The van der Waals surface area contributed by atoms with Gasteiger partial charge < -0.3 is 10.5 Å². The second kappa shape index (κ2) is 6.54. The van der Waals surface area contributed by atoms with Gasteiger partial charge in [0.25, 0.3) is 0 Å². The molecule has 2 heteroatoms. The van der Waals surface area contributed by atoms with Crippen LogP contribution in [-0.2, 0) is 6.42 Å². The summed E-state index contributed by atoms with van der Waals surface area (Å²) in [4.78, 5) is 0. The predicted molar refractivity (Wildman–Crippen MR) is 68.8 cm³/mol. The van der Waals surface area contributed by atoms with Gasteiger partial charge in [-0.15, -0.1) is 0 Å². The highest BCUT2D eigenvalue weighted by molar-refractivity contribution is 5.34. The van der Waals surface area contributed by atoms with E-state index in [9.17, 15) is 0 Å². The average Bonchev–Trinajstić information content (AvgIpc) is 2.20. The molecule has 0 spiro atoms. The van der Waals surface area contributed by atoms with Gasteiger partial charge in [-0.1, -0.05) is 31.5 Å². The minimum atomic E-state index is 0.172. The van der Waals surface area contributed by atoms with Crippen LogP contribution in [-0.4, -0.2) is 12.1 Å². The van der Waals surface area contributed by atoms with Crippen LogP contribution < -0.4 is 10.5 Å². The summed E-state index contributed by atoms with van der Waals surface area (Å²) in [5, 5.41) is 0. The van der Waals surface area contributed by atoms with Crippen molar-refractivity contribution < 1.29 is 4.74 Å². The van der Waals surface area contributed by atoms with E-state index in [0.29, 0.717) is 0 Å². The van der Waals surface area contributed by atoms with E-state index in [2.05, 4.69) is 19.9 Å². The van der Waals surface area contributed by atoms with Gasteiger partial charge in [0.2, 0.25) is 0 Å². The van der Waals surface area contributed by atoms with E-state index >= 15 is 0 Å². The summed E-state index contributed by atoms with van der Waals surface area (Å²) in [7, 11) is 0. The van der Waals surface area contributed by atoms with Gasteiger partial charge >= 0.3 is 0 Å². The van der Waals surface area contributed by atoms with Crippen LogP contribution in [0.15, 0.2) is 24.3 Å². The lowest BCUT2D eigenvalue weighted by molar-refractivity contribution is 0.207. The molecule has 0 aromatic heterocycles. The number of rotatable bonds is 6. The van der Waals surface area contributed by atoms with Crippen LogP contribution in [0, 0.1) is 0 Å². The van der Waals surface area contributed by atoms with Gasteiger partial charge in [0.1, 0.15) is 5.75 Å². The zero-order valence-electron chi connectivity index (χ0n) is 10.6. The third kappa shape index (κ3) is 4.23. The second-order valence-corrected chi connectivity index (χ2v) is 4.51. The summed E-state index contributed by atoms with van der Waals surface area (Å²) in [5.74, 6) is 0.987. The molecule has 0 radical (unpaired) electrons. The molecular formula is C14H23NO. The van der Waals surface area contributed by atoms with Crippen LogP contribution in [0.3, 0.4) is 0 Å². The van der Waals surface area contributed by atoms with Crippen molar-refractivity contribution in [2.75, 3.05) is 0 Å². The smallest absolute Gasteiger partial charge is 0.122 e. The minimum Gasteiger partial charge on any atom is -0.490 e. The van der Waals surface area contributed by atoms with Crippen molar-refractivity contribution in [3.8, 4) is 5.75 Å². The molecule has 2 unspecified atom stereocenters. The topological polar surface area (TPSA) is 35.2 Å². The molecule has 90 valence electrons. The molecule has 0 aliphatic rings. The summed E-state index contributed by atoms with van der Waals surface area (Å²) in [5.41, 5.74) is 7.04. The number of nitrogens with two attached hydrogens (primary N) is 1. The van der Waals surface area contributed by atoms with Crippen LogP contribution in [0.25, 0.3) is 0 Å². The molecule has 1 aromatic rings. The van der Waals surface area contributed by atoms with E-state index < -0.39 is 0 Å². The van der Waals surface area contributed by atoms with Gasteiger partial charge in [-0.3, -0.25) is 0 Å². The Labute approximate surface area is 98.8 Å². The largest absolute Gasteiger partial charge is 0.490 e. The first kappa shape index (κ1) is 13.0. The monoisotopic (exact) mass is 221 g/mol. The molecule has 1 rings (SSSR count). The van der Waals surface area contributed by atoms with E-state index in [4.69, 9.17) is 10.5 Å². The van der Waals surface area contributed by atoms with Crippen LogP contribution in [0.2, 0.25) is 0 Å². The number of hydrogen-bond donors (Lipinski definition) is 1. The molecule has 0 bridgehead atoms. The van der Waals surface area contributed by atoms with Gasteiger partial charge in [-0.05, 0) is 38.3 Å². The first-order valence-electron chi connectivity index (χ1n) is 6.13. The molecule has 0 saturated carbocycles. The summed E-state index contributed by atoms with van der Waals surface area (Å²) >= 11 is 0. The maximum Gasteiger partial charge on any atom is 0.122 e. The van der Waals surface area contributed by atoms with Crippen molar-refractivity contribution in [3.05, 3.63) is 29.8 Å². The van der Waals surface area contributed by atoms with E-state index in [0.717, 1.165) is 25.0 Å². The minimum absolute atomic E-state index is 0.172. The summed E-state index contributed by atoms with van der Waals surface area (Å²) in [6.45, 7) is 6.31. The number of ether oxygens (including phenoxy) is 1. The maximum atomic E-state index is 5.93. The second-order valence-electron chi connectivity index (χ2n) is 4.51. The van der Waals surface area contributed by atoms with Gasteiger partial charge in [0.15, 0.2) is 0 Å². The van der Waals surface area contributed by atoms with Crippen molar-refractivity contribution >= 4 is 0 Å². The predicted octanol–water partition coefficient (Wildman–Crippen LogP) is 3.14. The number of para-hydroxylation sites is 1.